The van der Waals surface area contributed by atoms with Gasteiger partial charge in [-0.1, -0.05) is 30.3 Å². The van der Waals surface area contributed by atoms with Crippen LogP contribution in [0.4, 0.5) is 5.69 Å². The molecular weight excluding hydrogens is 436 g/mol. The van der Waals surface area contributed by atoms with Crippen molar-refractivity contribution < 1.29 is 14.3 Å². The van der Waals surface area contributed by atoms with Crippen molar-refractivity contribution in [2.24, 2.45) is 0 Å². The van der Waals surface area contributed by atoms with Crippen molar-refractivity contribution in [1.29, 1.82) is 5.26 Å². The molecule has 7 nitrogen and oxygen atoms in total. The van der Waals surface area contributed by atoms with Crippen molar-refractivity contribution >= 4 is 40.4 Å². The van der Waals surface area contributed by atoms with Gasteiger partial charge in [0.15, 0.2) is 6.61 Å². The first kappa shape index (κ1) is 22.1. The zero-order valence-electron chi connectivity index (χ0n) is 17.8. The van der Waals surface area contributed by atoms with Crippen LogP contribution in [0.3, 0.4) is 0 Å². The Kier molecular flexibility index (Phi) is 6.72. The lowest BCUT2D eigenvalue weighted by atomic mass is 10.2. The Morgan fingerprint density at radius 3 is 2.64 bits per heavy atom. The third-order valence-corrected chi connectivity index (χ3v) is 5.80. The number of carbonyl (C=O) groups excluding carboxylic acids is 2. The third kappa shape index (κ3) is 5.05. The van der Waals surface area contributed by atoms with Gasteiger partial charge in [0.25, 0.3) is 5.91 Å². The molecule has 0 spiro atoms. The number of imidazole rings is 1. The fourth-order valence-corrected chi connectivity index (χ4v) is 4.11. The van der Waals surface area contributed by atoms with Crippen LogP contribution in [0.15, 0.2) is 77.7 Å². The monoisotopic (exact) mass is 456 g/mol. The van der Waals surface area contributed by atoms with E-state index in [-0.39, 0.29) is 5.75 Å². The number of anilines is 1. The topological polar surface area (TPSA) is 97.0 Å². The van der Waals surface area contributed by atoms with Crippen LogP contribution in [0.5, 0.6) is 0 Å². The van der Waals surface area contributed by atoms with E-state index >= 15 is 0 Å². The number of hydrogen-bond donors (Lipinski definition) is 1. The van der Waals surface area contributed by atoms with Gasteiger partial charge in [0.05, 0.1) is 34.1 Å². The minimum Gasteiger partial charge on any atom is -0.452 e. The standard InChI is InChI=1S/C25H20N4O3S/c1-17-27-21-15-18(11-12-22(21)29(17)19-7-3-2-4-8-19)25(31)32-16-24(30)28-20-9-5-6-10-23(20)33-14-13-26/h2-12,15H,14,16H2,1H3,(H,28,30). The number of rotatable bonds is 7. The number of carbonyl (C=O) groups is 2. The van der Waals surface area contributed by atoms with Crippen molar-refractivity contribution in [3.63, 3.8) is 0 Å². The fraction of sp³-hybridized carbons (Fsp3) is 0.120. The number of aromatic nitrogens is 2. The SMILES string of the molecule is Cc1nc2cc(C(=O)OCC(=O)Nc3ccccc3SCC#N)ccc2n1-c1ccccc1. The Hall–Kier alpha value is -4.09. The second-order valence-corrected chi connectivity index (χ2v) is 8.12. The highest BCUT2D eigenvalue weighted by molar-refractivity contribution is 7.99. The lowest BCUT2D eigenvalue weighted by Gasteiger charge is -2.10. The number of nitriles is 1. The lowest BCUT2D eigenvalue weighted by molar-refractivity contribution is -0.119. The number of esters is 1. The second-order valence-electron chi connectivity index (χ2n) is 7.10. The fourth-order valence-electron chi connectivity index (χ4n) is 3.44. The Morgan fingerprint density at radius 1 is 1.09 bits per heavy atom. The minimum absolute atomic E-state index is 0.268. The van der Waals surface area contributed by atoms with Gasteiger partial charge >= 0.3 is 5.97 Å². The normalized spacial score (nSPS) is 10.5. The maximum atomic E-state index is 12.5. The first-order valence-corrected chi connectivity index (χ1v) is 11.2. The molecule has 0 radical (unpaired) electrons. The van der Waals surface area contributed by atoms with Gasteiger partial charge in [-0.05, 0) is 49.4 Å². The van der Waals surface area contributed by atoms with E-state index in [1.54, 1.807) is 24.3 Å². The number of fused-ring (bicyclic) bond motifs is 1. The Morgan fingerprint density at radius 2 is 1.85 bits per heavy atom. The Bertz CT molecular complexity index is 1360. The minimum atomic E-state index is -0.605. The molecule has 0 atom stereocenters. The summed E-state index contributed by atoms with van der Waals surface area (Å²) in [5.41, 5.74) is 3.41. The first-order chi connectivity index (χ1) is 16.1. The summed E-state index contributed by atoms with van der Waals surface area (Å²) in [5.74, 6) is 0.00268. The molecule has 0 unspecified atom stereocenters. The highest BCUT2D eigenvalue weighted by Gasteiger charge is 2.15. The molecule has 0 aliphatic rings. The van der Waals surface area contributed by atoms with Crippen molar-refractivity contribution in [3.8, 4) is 11.8 Å². The molecule has 3 aromatic carbocycles. The smallest absolute Gasteiger partial charge is 0.338 e. The summed E-state index contributed by atoms with van der Waals surface area (Å²) in [7, 11) is 0. The number of nitrogens with zero attached hydrogens (tertiary/aromatic N) is 3. The zero-order valence-corrected chi connectivity index (χ0v) is 18.6. The molecule has 1 aromatic heterocycles. The summed E-state index contributed by atoms with van der Waals surface area (Å²) >= 11 is 1.32. The van der Waals surface area contributed by atoms with E-state index < -0.39 is 18.5 Å². The molecule has 0 bridgehead atoms. The van der Waals surface area contributed by atoms with Gasteiger partial charge in [-0.3, -0.25) is 9.36 Å². The average molecular weight is 457 g/mol. The molecule has 1 N–H and O–H groups in total. The third-order valence-electron chi connectivity index (χ3n) is 4.86. The van der Waals surface area contributed by atoms with E-state index in [1.165, 1.54) is 11.8 Å². The van der Waals surface area contributed by atoms with E-state index in [2.05, 4.69) is 16.4 Å². The maximum absolute atomic E-state index is 12.5. The molecule has 0 saturated heterocycles. The Balaban J connectivity index is 1.43. The largest absolute Gasteiger partial charge is 0.452 e. The summed E-state index contributed by atoms with van der Waals surface area (Å²) in [4.78, 5) is 30.2. The molecule has 1 amide bonds. The number of para-hydroxylation sites is 2. The molecule has 0 saturated carbocycles. The first-order valence-electron chi connectivity index (χ1n) is 10.2. The summed E-state index contributed by atoms with van der Waals surface area (Å²) in [6.45, 7) is 1.48. The highest BCUT2D eigenvalue weighted by atomic mass is 32.2. The lowest BCUT2D eigenvalue weighted by Crippen LogP contribution is -2.21. The predicted molar refractivity (Wildman–Crippen MR) is 127 cm³/mol. The van der Waals surface area contributed by atoms with Crippen molar-refractivity contribution in [2.75, 3.05) is 17.7 Å². The molecule has 8 heteroatoms. The van der Waals surface area contributed by atoms with Gasteiger partial charge < -0.3 is 10.1 Å². The van der Waals surface area contributed by atoms with Crippen LogP contribution in [-0.2, 0) is 9.53 Å². The number of ether oxygens (including phenoxy) is 1. The molecule has 4 rings (SSSR count). The van der Waals surface area contributed by atoms with E-state index in [1.807, 2.05) is 60.0 Å². The number of hydrogen-bond acceptors (Lipinski definition) is 6. The van der Waals surface area contributed by atoms with Gasteiger partial charge in [-0.15, -0.1) is 11.8 Å². The molecule has 164 valence electrons. The Labute approximate surface area is 195 Å². The number of aryl methyl sites for hydroxylation is 1. The highest BCUT2D eigenvalue weighted by Crippen LogP contribution is 2.26. The van der Waals surface area contributed by atoms with Gasteiger partial charge in [0, 0.05) is 10.6 Å². The van der Waals surface area contributed by atoms with Crippen molar-refractivity contribution in [1.82, 2.24) is 9.55 Å². The quantitative estimate of drug-likeness (QED) is 0.319. The van der Waals surface area contributed by atoms with E-state index in [9.17, 15) is 9.59 Å². The van der Waals surface area contributed by atoms with Crippen LogP contribution in [0.25, 0.3) is 16.7 Å². The van der Waals surface area contributed by atoms with Gasteiger partial charge in [0.1, 0.15) is 5.82 Å². The number of thioether (sulfide) groups is 1. The van der Waals surface area contributed by atoms with E-state index in [4.69, 9.17) is 10.00 Å². The molecule has 4 aromatic rings. The second kappa shape index (κ2) is 10.0. The number of amides is 1. The average Bonchev–Trinajstić information content (AvgIpc) is 3.17. The molecule has 0 aliphatic carbocycles. The van der Waals surface area contributed by atoms with Crippen LogP contribution < -0.4 is 5.32 Å². The van der Waals surface area contributed by atoms with Crippen LogP contribution in [0.1, 0.15) is 16.2 Å². The maximum Gasteiger partial charge on any atom is 0.338 e. The van der Waals surface area contributed by atoms with Crippen molar-refractivity contribution in [2.45, 2.75) is 11.8 Å². The summed E-state index contributed by atoms with van der Waals surface area (Å²) < 4.78 is 7.22. The van der Waals surface area contributed by atoms with E-state index in [0.717, 1.165) is 21.9 Å². The zero-order chi connectivity index (χ0) is 23.2. The molecule has 0 fully saturated rings. The summed E-state index contributed by atoms with van der Waals surface area (Å²) in [6.07, 6.45) is 0. The van der Waals surface area contributed by atoms with E-state index in [0.29, 0.717) is 16.8 Å². The predicted octanol–water partition coefficient (Wildman–Crippen LogP) is 4.75. The molecular formula is C25H20N4O3S. The number of nitrogens with one attached hydrogen (secondary N) is 1. The molecule has 1 heterocycles. The van der Waals surface area contributed by atoms with Gasteiger partial charge in [-0.25, -0.2) is 9.78 Å². The van der Waals surface area contributed by atoms with Gasteiger partial charge in [-0.2, -0.15) is 5.26 Å². The van der Waals surface area contributed by atoms with Gasteiger partial charge in [0.2, 0.25) is 0 Å². The molecule has 0 aliphatic heterocycles. The number of benzene rings is 3. The van der Waals surface area contributed by atoms with Crippen LogP contribution in [0.2, 0.25) is 0 Å². The van der Waals surface area contributed by atoms with Crippen molar-refractivity contribution in [3.05, 3.63) is 84.2 Å². The van der Waals surface area contributed by atoms with Crippen LogP contribution >= 0.6 is 11.8 Å². The summed E-state index contributed by atoms with van der Waals surface area (Å²) in [5, 5.41) is 11.5. The molecule has 33 heavy (non-hydrogen) atoms. The van der Waals surface area contributed by atoms with Crippen LogP contribution in [0, 0.1) is 18.3 Å². The van der Waals surface area contributed by atoms with Crippen LogP contribution in [-0.4, -0.2) is 33.8 Å². The summed E-state index contributed by atoms with van der Waals surface area (Å²) in [6, 6.07) is 24.2.